The molecule has 1 N–H and O–H groups in total. The lowest BCUT2D eigenvalue weighted by Crippen LogP contribution is -2.57. The smallest absolute Gasteiger partial charge is 0.302 e. The van der Waals surface area contributed by atoms with E-state index in [1.54, 1.807) is 0 Å². The average Bonchev–Trinajstić information content (AvgIpc) is 2.96. The Balaban J connectivity index is 1.64. The number of ether oxygens (including phenoxy) is 1. The zero-order valence-electron chi connectivity index (χ0n) is 16.6. The monoisotopic (exact) mass is 360 g/mol. The topological polar surface area (TPSA) is 46.5 Å². The molecular formula is C23H36O3. The SMILES string of the molecule is C=CC1CCC2C3CCC4CC(O)CCC4(COC(C)=O)C3CCC12C. The number of esters is 1. The van der Waals surface area contributed by atoms with Crippen molar-refractivity contribution in [1.82, 2.24) is 0 Å². The van der Waals surface area contributed by atoms with E-state index in [0.29, 0.717) is 29.8 Å². The number of aliphatic hydroxyl groups excluding tert-OH is 1. The maximum Gasteiger partial charge on any atom is 0.302 e. The molecule has 0 bridgehead atoms. The second-order valence-electron chi connectivity index (χ2n) is 10.1. The second-order valence-corrected chi connectivity index (χ2v) is 10.1. The first-order valence-electron chi connectivity index (χ1n) is 10.8. The number of hydrogen-bond donors (Lipinski definition) is 1. The highest BCUT2D eigenvalue weighted by molar-refractivity contribution is 5.65. The lowest BCUT2D eigenvalue weighted by atomic mass is 9.44. The molecule has 26 heavy (non-hydrogen) atoms. The molecule has 3 nitrogen and oxygen atoms in total. The van der Waals surface area contributed by atoms with Gasteiger partial charge in [0.1, 0.15) is 0 Å². The summed E-state index contributed by atoms with van der Waals surface area (Å²) in [7, 11) is 0. The van der Waals surface area contributed by atoms with Crippen LogP contribution in [0.15, 0.2) is 12.7 Å². The number of allylic oxidation sites excluding steroid dienone is 1. The number of aliphatic hydroxyl groups is 1. The number of hydrogen-bond acceptors (Lipinski definition) is 3. The van der Waals surface area contributed by atoms with Crippen LogP contribution < -0.4 is 0 Å². The maximum atomic E-state index is 11.6. The van der Waals surface area contributed by atoms with Crippen molar-refractivity contribution in [1.29, 1.82) is 0 Å². The summed E-state index contributed by atoms with van der Waals surface area (Å²) in [6.45, 7) is 8.76. The molecule has 4 aliphatic carbocycles. The quantitative estimate of drug-likeness (QED) is 0.584. The van der Waals surface area contributed by atoms with Crippen molar-refractivity contribution in [3.05, 3.63) is 12.7 Å². The van der Waals surface area contributed by atoms with Crippen LogP contribution in [0.25, 0.3) is 0 Å². The molecule has 0 aromatic heterocycles. The summed E-state index contributed by atoms with van der Waals surface area (Å²) in [5.74, 6) is 3.26. The van der Waals surface area contributed by atoms with E-state index < -0.39 is 0 Å². The minimum Gasteiger partial charge on any atom is -0.465 e. The molecule has 8 atom stereocenters. The standard InChI is InChI=1S/C23H36O3/c1-4-16-6-8-20-19-7-5-17-13-18(25)9-12-23(17,14-26-15(2)24)21(19)10-11-22(16,20)3/h4,16-21,25H,1,5-14H2,2-3H3. The van der Waals surface area contributed by atoms with Gasteiger partial charge < -0.3 is 9.84 Å². The molecule has 0 aliphatic heterocycles. The van der Waals surface area contributed by atoms with Gasteiger partial charge in [0.2, 0.25) is 0 Å². The molecule has 0 aromatic rings. The van der Waals surface area contributed by atoms with Gasteiger partial charge in [-0.3, -0.25) is 4.79 Å². The van der Waals surface area contributed by atoms with Crippen LogP contribution in [0.2, 0.25) is 0 Å². The van der Waals surface area contributed by atoms with Crippen LogP contribution in [0.5, 0.6) is 0 Å². The molecule has 4 saturated carbocycles. The number of rotatable bonds is 3. The van der Waals surface area contributed by atoms with Crippen LogP contribution in [0, 0.1) is 40.4 Å². The molecule has 0 spiro atoms. The maximum absolute atomic E-state index is 11.6. The third-order valence-electron chi connectivity index (χ3n) is 9.24. The summed E-state index contributed by atoms with van der Waals surface area (Å²) < 4.78 is 5.67. The summed E-state index contributed by atoms with van der Waals surface area (Å²) >= 11 is 0. The van der Waals surface area contributed by atoms with Gasteiger partial charge in [-0.25, -0.2) is 0 Å². The van der Waals surface area contributed by atoms with Gasteiger partial charge in [-0.2, -0.15) is 0 Å². The highest BCUT2D eigenvalue weighted by Gasteiger charge is 2.61. The summed E-state index contributed by atoms with van der Waals surface area (Å²) in [6, 6.07) is 0. The minimum absolute atomic E-state index is 0.113. The van der Waals surface area contributed by atoms with E-state index in [-0.39, 0.29) is 17.5 Å². The van der Waals surface area contributed by atoms with Crippen LogP contribution >= 0.6 is 0 Å². The molecule has 4 rings (SSSR count). The van der Waals surface area contributed by atoms with Crippen molar-refractivity contribution in [2.75, 3.05) is 6.61 Å². The molecule has 0 amide bonds. The molecule has 4 aliphatic rings. The van der Waals surface area contributed by atoms with Gasteiger partial charge in [-0.15, -0.1) is 6.58 Å². The Morgan fingerprint density at radius 3 is 2.69 bits per heavy atom. The Bertz CT molecular complexity index is 572. The highest BCUT2D eigenvalue weighted by Crippen LogP contribution is 2.67. The Morgan fingerprint density at radius 1 is 1.15 bits per heavy atom. The molecule has 0 radical (unpaired) electrons. The number of fused-ring (bicyclic) bond motifs is 5. The third kappa shape index (κ3) is 2.68. The van der Waals surface area contributed by atoms with Crippen molar-refractivity contribution < 1.29 is 14.6 Å². The summed E-state index contributed by atoms with van der Waals surface area (Å²) in [5, 5.41) is 10.3. The normalized spacial score (nSPS) is 50.3. The molecule has 4 fully saturated rings. The van der Waals surface area contributed by atoms with E-state index in [1.807, 2.05) is 0 Å². The molecule has 146 valence electrons. The first-order chi connectivity index (χ1) is 12.4. The third-order valence-corrected chi connectivity index (χ3v) is 9.24. The van der Waals surface area contributed by atoms with Gasteiger partial charge >= 0.3 is 5.97 Å². The van der Waals surface area contributed by atoms with E-state index in [2.05, 4.69) is 19.6 Å². The van der Waals surface area contributed by atoms with E-state index >= 15 is 0 Å². The summed E-state index contributed by atoms with van der Waals surface area (Å²) in [4.78, 5) is 11.6. The Hall–Kier alpha value is -0.830. The molecule has 0 heterocycles. The predicted octanol–water partition coefficient (Wildman–Crippen LogP) is 4.74. The fraction of sp³-hybridized carbons (Fsp3) is 0.870. The van der Waals surface area contributed by atoms with E-state index in [1.165, 1.54) is 45.4 Å². The average molecular weight is 361 g/mol. The van der Waals surface area contributed by atoms with Gasteiger partial charge in [-0.05, 0) is 92.8 Å². The number of carbonyl (C=O) groups is 1. The Morgan fingerprint density at radius 2 is 1.96 bits per heavy atom. The number of carbonyl (C=O) groups excluding carboxylic acids is 1. The zero-order chi connectivity index (χ0) is 18.5. The van der Waals surface area contributed by atoms with Crippen LogP contribution in [0.3, 0.4) is 0 Å². The Labute approximate surface area is 158 Å². The van der Waals surface area contributed by atoms with Gasteiger partial charge in [0.25, 0.3) is 0 Å². The lowest BCUT2D eigenvalue weighted by molar-refractivity contribution is -0.173. The van der Waals surface area contributed by atoms with Crippen LogP contribution in [-0.2, 0) is 9.53 Å². The fourth-order valence-electron chi connectivity index (χ4n) is 7.97. The van der Waals surface area contributed by atoms with E-state index in [9.17, 15) is 9.90 Å². The van der Waals surface area contributed by atoms with Gasteiger partial charge in [0.15, 0.2) is 0 Å². The predicted molar refractivity (Wildman–Crippen MR) is 102 cm³/mol. The highest BCUT2D eigenvalue weighted by atomic mass is 16.5. The summed E-state index contributed by atoms with van der Waals surface area (Å²) in [5.41, 5.74) is 0.536. The van der Waals surface area contributed by atoms with Crippen LogP contribution in [0.4, 0.5) is 0 Å². The van der Waals surface area contributed by atoms with Gasteiger partial charge in [-0.1, -0.05) is 13.0 Å². The van der Waals surface area contributed by atoms with Gasteiger partial charge in [0, 0.05) is 12.3 Å². The molecule has 3 heteroatoms. The minimum atomic E-state index is -0.160. The van der Waals surface area contributed by atoms with E-state index in [0.717, 1.165) is 31.1 Å². The van der Waals surface area contributed by atoms with Crippen molar-refractivity contribution in [2.45, 2.75) is 77.7 Å². The Kier molecular flexibility index (Phi) is 4.74. The van der Waals surface area contributed by atoms with Crippen molar-refractivity contribution in [3.8, 4) is 0 Å². The molecular weight excluding hydrogens is 324 g/mol. The van der Waals surface area contributed by atoms with E-state index in [4.69, 9.17) is 4.74 Å². The van der Waals surface area contributed by atoms with Crippen molar-refractivity contribution in [2.24, 2.45) is 40.4 Å². The zero-order valence-corrected chi connectivity index (χ0v) is 16.6. The van der Waals surface area contributed by atoms with Gasteiger partial charge in [0.05, 0.1) is 12.7 Å². The molecule has 8 unspecified atom stereocenters. The first kappa shape index (κ1) is 18.5. The van der Waals surface area contributed by atoms with Crippen LogP contribution in [-0.4, -0.2) is 23.8 Å². The van der Waals surface area contributed by atoms with Crippen molar-refractivity contribution in [3.63, 3.8) is 0 Å². The molecule has 0 aromatic carbocycles. The second kappa shape index (κ2) is 6.65. The first-order valence-corrected chi connectivity index (χ1v) is 10.8. The fourth-order valence-corrected chi connectivity index (χ4v) is 7.97. The van der Waals surface area contributed by atoms with Crippen molar-refractivity contribution >= 4 is 5.97 Å². The summed E-state index contributed by atoms with van der Waals surface area (Å²) in [6.07, 6.45) is 12.5. The lowest BCUT2D eigenvalue weighted by Gasteiger charge is -2.61. The molecule has 0 saturated heterocycles. The largest absolute Gasteiger partial charge is 0.465 e. The van der Waals surface area contributed by atoms with Crippen LogP contribution in [0.1, 0.15) is 71.6 Å².